The Hall–Kier alpha value is -1.84. The predicted octanol–water partition coefficient (Wildman–Crippen LogP) is 2.13. The SMILES string of the molecule is N#Cc1nccnc1N1CCCC(C(F)(F)F)C1. The average molecular weight is 256 g/mol. The highest BCUT2D eigenvalue weighted by Crippen LogP contribution is 2.34. The highest BCUT2D eigenvalue weighted by molar-refractivity contribution is 5.49. The van der Waals surface area contributed by atoms with Gasteiger partial charge in [0.2, 0.25) is 0 Å². The second-order valence-corrected chi connectivity index (χ2v) is 4.17. The van der Waals surface area contributed by atoms with Gasteiger partial charge in [-0.1, -0.05) is 0 Å². The lowest BCUT2D eigenvalue weighted by molar-refractivity contribution is -0.176. The van der Waals surface area contributed by atoms with Crippen LogP contribution in [0, 0.1) is 17.2 Å². The summed E-state index contributed by atoms with van der Waals surface area (Å²) in [5, 5.41) is 8.87. The van der Waals surface area contributed by atoms with Gasteiger partial charge in [-0.15, -0.1) is 0 Å². The normalized spacial score (nSPS) is 20.6. The summed E-state index contributed by atoms with van der Waals surface area (Å²) in [6, 6.07) is 1.85. The Morgan fingerprint density at radius 3 is 2.72 bits per heavy atom. The molecule has 18 heavy (non-hydrogen) atoms. The maximum Gasteiger partial charge on any atom is 0.393 e. The van der Waals surface area contributed by atoms with Crippen molar-refractivity contribution in [2.75, 3.05) is 18.0 Å². The minimum Gasteiger partial charge on any atom is -0.354 e. The van der Waals surface area contributed by atoms with Gasteiger partial charge in [0.1, 0.15) is 6.07 Å². The lowest BCUT2D eigenvalue weighted by Crippen LogP contribution is -2.42. The van der Waals surface area contributed by atoms with Crippen molar-refractivity contribution in [3.8, 4) is 6.07 Å². The molecular weight excluding hydrogens is 245 g/mol. The van der Waals surface area contributed by atoms with Crippen LogP contribution >= 0.6 is 0 Å². The average Bonchev–Trinajstić information content (AvgIpc) is 2.38. The molecule has 7 heteroatoms. The number of anilines is 1. The Kier molecular flexibility index (Phi) is 3.36. The number of rotatable bonds is 1. The van der Waals surface area contributed by atoms with Gasteiger partial charge < -0.3 is 4.90 Å². The Bertz CT molecular complexity index is 466. The van der Waals surface area contributed by atoms with Crippen molar-refractivity contribution in [3.63, 3.8) is 0 Å². The Morgan fingerprint density at radius 1 is 1.33 bits per heavy atom. The molecule has 1 saturated heterocycles. The summed E-state index contributed by atoms with van der Waals surface area (Å²) in [5.74, 6) is -1.12. The molecule has 0 N–H and O–H groups in total. The van der Waals surface area contributed by atoms with Crippen LogP contribution in [-0.2, 0) is 0 Å². The number of nitrogens with zero attached hydrogens (tertiary/aromatic N) is 4. The minimum absolute atomic E-state index is 0.0697. The molecule has 1 aliphatic heterocycles. The van der Waals surface area contributed by atoms with Crippen molar-refractivity contribution in [1.82, 2.24) is 9.97 Å². The van der Waals surface area contributed by atoms with E-state index in [4.69, 9.17) is 5.26 Å². The second kappa shape index (κ2) is 4.80. The van der Waals surface area contributed by atoms with E-state index in [9.17, 15) is 13.2 Å². The van der Waals surface area contributed by atoms with E-state index >= 15 is 0 Å². The monoisotopic (exact) mass is 256 g/mol. The van der Waals surface area contributed by atoms with E-state index in [0.29, 0.717) is 13.0 Å². The van der Waals surface area contributed by atoms with Crippen molar-refractivity contribution in [2.45, 2.75) is 19.0 Å². The lowest BCUT2D eigenvalue weighted by Gasteiger charge is -2.34. The first-order chi connectivity index (χ1) is 8.52. The summed E-state index contributed by atoms with van der Waals surface area (Å²) in [4.78, 5) is 9.27. The molecule has 2 rings (SSSR count). The molecule has 0 amide bonds. The number of piperidine rings is 1. The van der Waals surface area contributed by atoms with Crippen LogP contribution < -0.4 is 4.90 Å². The van der Waals surface area contributed by atoms with Crippen LogP contribution in [0.1, 0.15) is 18.5 Å². The highest BCUT2D eigenvalue weighted by Gasteiger charge is 2.42. The van der Waals surface area contributed by atoms with Gasteiger partial charge in [0, 0.05) is 25.5 Å². The van der Waals surface area contributed by atoms with Gasteiger partial charge in [0.05, 0.1) is 5.92 Å². The van der Waals surface area contributed by atoms with E-state index in [1.165, 1.54) is 17.3 Å². The van der Waals surface area contributed by atoms with Crippen LogP contribution in [0.5, 0.6) is 0 Å². The van der Waals surface area contributed by atoms with Crippen LogP contribution in [-0.4, -0.2) is 29.2 Å². The highest BCUT2D eigenvalue weighted by atomic mass is 19.4. The number of aromatic nitrogens is 2. The number of hydrogen-bond donors (Lipinski definition) is 0. The van der Waals surface area contributed by atoms with Gasteiger partial charge in [-0.3, -0.25) is 0 Å². The standard InChI is InChI=1S/C11H11F3N4/c12-11(13,14)8-2-1-5-18(7-8)10-9(6-15)16-3-4-17-10/h3-4,8H,1-2,5,7H2. The quantitative estimate of drug-likeness (QED) is 0.772. The Balaban J connectivity index is 2.21. The lowest BCUT2D eigenvalue weighted by atomic mass is 9.97. The van der Waals surface area contributed by atoms with Crippen molar-refractivity contribution < 1.29 is 13.2 Å². The molecular formula is C11H11F3N4. The molecule has 0 bridgehead atoms. The minimum atomic E-state index is -4.20. The van der Waals surface area contributed by atoms with Crippen molar-refractivity contribution in [3.05, 3.63) is 18.1 Å². The third kappa shape index (κ3) is 2.53. The van der Waals surface area contributed by atoms with Gasteiger partial charge >= 0.3 is 6.18 Å². The number of hydrogen-bond acceptors (Lipinski definition) is 4. The maximum atomic E-state index is 12.7. The molecule has 1 aromatic heterocycles. The van der Waals surface area contributed by atoms with E-state index in [2.05, 4.69) is 9.97 Å². The maximum absolute atomic E-state index is 12.7. The third-order valence-corrected chi connectivity index (χ3v) is 2.97. The van der Waals surface area contributed by atoms with Crippen LogP contribution in [0.4, 0.5) is 19.0 Å². The molecule has 1 fully saturated rings. The molecule has 2 heterocycles. The van der Waals surface area contributed by atoms with Crippen LogP contribution in [0.2, 0.25) is 0 Å². The smallest absolute Gasteiger partial charge is 0.354 e. The van der Waals surface area contributed by atoms with Crippen molar-refractivity contribution in [2.24, 2.45) is 5.92 Å². The molecule has 0 spiro atoms. The van der Waals surface area contributed by atoms with Gasteiger partial charge in [-0.05, 0) is 12.8 Å². The second-order valence-electron chi connectivity index (χ2n) is 4.17. The summed E-state index contributed by atoms with van der Waals surface area (Å²) in [5.41, 5.74) is 0.0697. The first kappa shape index (κ1) is 12.6. The Labute approximate surface area is 102 Å². The third-order valence-electron chi connectivity index (χ3n) is 2.97. The zero-order chi connectivity index (χ0) is 13.2. The molecule has 0 radical (unpaired) electrons. The van der Waals surface area contributed by atoms with E-state index in [1.807, 2.05) is 6.07 Å². The number of alkyl halides is 3. The van der Waals surface area contributed by atoms with E-state index < -0.39 is 12.1 Å². The summed E-state index contributed by atoms with van der Waals surface area (Å²) in [7, 11) is 0. The van der Waals surface area contributed by atoms with Gasteiger partial charge in [-0.25, -0.2) is 9.97 Å². The molecule has 1 aliphatic rings. The molecule has 1 unspecified atom stereocenters. The summed E-state index contributed by atoms with van der Waals surface area (Å²) in [6.45, 7) is 0.316. The van der Waals surface area contributed by atoms with Gasteiger partial charge in [0.25, 0.3) is 0 Å². The predicted molar refractivity (Wildman–Crippen MR) is 57.7 cm³/mol. The topological polar surface area (TPSA) is 52.8 Å². The molecule has 1 atom stereocenters. The molecule has 4 nitrogen and oxygen atoms in total. The molecule has 0 saturated carbocycles. The molecule has 96 valence electrons. The van der Waals surface area contributed by atoms with E-state index in [-0.39, 0.29) is 24.5 Å². The van der Waals surface area contributed by atoms with Crippen molar-refractivity contribution in [1.29, 1.82) is 5.26 Å². The molecule has 0 aliphatic carbocycles. The largest absolute Gasteiger partial charge is 0.393 e. The van der Waals surface area contributed by atoms with Crippen molar-refractivity contribution >= 4 is 5.82 Å². The number of halogens is 3. The Morgan fingerprint density at radius 2 is 2.06 bits per heavy atom. The van der Waals surface area contributed by atoms with Gasteiger partial charge in [0.15, 0.2) is 11.5 Å². The zero-order valence-corrected chi connectivity index (χ0v) is 9.48. The zero-order valence-electron chi connectivity index (χ0n) is 9.48. The fourth-order valence-corrected chi connectivity index (χ4v) is 2.08. The first-order valence-electron chi connectivity index (χ1n) is 5.55. The molecule has 1 aromatic rings. The van der Waals surface area contributed by atoms with E-state index in [1.54, 1.807) is 0 Å². The fraction of sp³-hybridized carbons (Fsp3) is 0.545. The number of nitriles is 1. The van der Waals surface area contributed by atoms with E-state index in [0.717, 1.165) is 0 Å². The molecule has 0 aromatic carbocycles. The summed E-state index contributed by atoms with van der Waals surface area (Å²) in [6.07, 6.45) is -0.901. The van der Waals surface area contributed by atoms with Crippen LogP contribution in [0.15, 0.2) is 12.4 Å². The van der Waals surface area contributed by atoms with Crippen LogP contribution in [0.3, 0.4) is 0 Å². The first-order valence-corrected chi connectivity index (χ1v) is 5.55. The van der Waals surface area contributed by atoms with Crippen LogP contribution in [0.25, 0.3) is 0 Å². The fourth-order valence-electron chi connectivity index (χ4n) is 2.08. The summed E-state index contributed by atoms with van der Waals surface area (Å²) >= 11 is 0. The summed E-state index contributed by atoms with van der Waals surface area (Å²) < 4.78 is 38.1. The van der Waals surface area contributed by atoms with Gasteiger partial charge in [-0.2, -0.15) is 18.4 Å².